The van der Waals surface area contributed by atoms with Gasteiger partial charge in [0.25, 0.3) is 0 Å². The van der Waals surface area contributed by atoms with E-state index in [1.165, 1.54) is 0 Å². The molecule has 0 N–H and O–H groups in total. The molecule has 0 saturated heterocycles. The molecule has 3 heteroatoms. The minimum Gasteiger partial charge on any atom is -0.257 e. The number of nitrogens with zero attached hydrogens (tertiary/aromatic N) is 1. The van der Waals surface area contributed by atoms with Crippen LogP contribution < -0.4 is 0 Å². The minimum absolute atomic E-state index is 0.312. The first-order valence-corrected chi connectivity index (χ1v) is 3.29. The van der Waals surface area contributed by atoms with Crippen LogP contribution in [0.3, 0.4) is 0 Å². The van der Waals surface area contributed by atoms with Crippen LogP contribution in [-0.4, -0.2) is 4.98 Å². The summed E-state index contributed by atoms with van der Waals surface area (Å²) < 4.78 is 12.0. The summed E-state index contributed by atoms with van der Waals surface area (Å²) >= 11 is 5.63. The normalized spacial score (nSPS) is 9.90. The van der Waals surface area contributed by atoms with Crippen molar-refractivity contribution in [3.63, 3.8) is 0 Å². The van der Waals surface area contributed by atoms with E-state index in [9.17, 15) is 4.39 Å². The van der Waals surface area contributed by atoms with E-state index in [0.717, 1.165) is 5.56 Å². The molecule has 0 spiro atoms. The SMILES string of the molecule is Cc1cnc(CF)c(Cl)c1. The van der Waals surface area contributed by atoms with Gasteiger partial charge in [-0.2, -0.15) is 0 Å². The smallest absolute Gasteiger partial charge is 0.133 e. The average molecular weight is 160 g/mol. The third-order valence-corrected chi connectivity index (χ3v) is 1.51. The van der Waals surface area contributed by atoms with Gasteiger partial charge in [0, 0.05) is 6.20 Å². The number of rotatable bonds is 1. The van der Waals surface area contributed by atoms with Gasteiger partial charge in [-0.3, -0.25) is 4.98 Å². The van der Waals surface area contributed by atoms with Gasteiger partial charge in [-0.05, 0) is 18.6 Å². The summed E-state index contributed by atoms with van der Waals surface area (Å²) in [5.74, 6) is 0. The number of hydrogen-bond donors (Lipinski definition) is 0. The maximum Gasteiger partial charge on any atom is 0.133 e. The Morgan fingerprint density at radius 1 is 1.70 bits per heavy atom. The highest BCUT2D eigenvalue weighted by Gasteiger charge is 1.99. The van der Waals surface area contributed by atoms with Crippen LogP contribution in [0.4, 0.5) is 4.39 Å². The first-order valence-electron chi connectivity index (χ1n) is 2.91. The monoisotopic (exact) mass is 159 g/mol. The van der Waals surface area contributed by atoms with Crippen molar-refractivity contribution in [2.75, 3.05) is 0 Å². The molecule has 0 saturated carbocycles. The third-order valence-electron chi connectivity index (χ3n) is 1.18. The molecule has 0 aliphatic rings. The highest BCUT2D eigenvalue weighted by Crippen LogP contribution is 2.14. The van der Waals surface area contributed by atoms with Gasteiger partial charge in [-0.25, -0.2) is 4.39 Å². The van der Waals surface area contributed by atoms with Gasteiger partial charge in [-0.15, -0.1) is 0 Å². The quantitative estimate of drug-likeness (QED) is 0.614. The lowest BCUT2D eigenvalue weighted by Gasteiger charge is -1.97. The Labute approximate surface area is 63.8 Å². The Kier molecular flexibility index (Phi) is 2.22. The fourth-order valence-corrected chi connectivity index (χ4v) is 0.932. The van der Waals surface area contributed by atoms with E-state index in [1.54, 1.807) is 12.3 Å². The second-order valence-electron chi connectivity index (χ2n) is 2.07. The fraction of sp³-hybridized carbons (Fsp3) is 0.286. The van der Waals surface area contributed by atoms with Crippen molar-refractivity contribution in [1.82, 2.24) is 4.98 Å². The Morgan fingerprint density at radius 2 is 2.40 bits per heavy atom. The summed E-state index contributed by atoms with van der Waals surface area (Å²) in [6, 6.07) is 1.70. The van der Waals surface area contributed by atoms with Crippen molar-refractivity contribution < 1.29 is 4.39 Å². The van der Waals surface area contributed by atoms with Crippen molar-refractivity contribution in [1.29, 1.82) is 0 Å². The molecule has 1 aromatic heterocycles. The van der Waals surface area contributed by atoms with Crippen molar-refractivity contribution in [3.05, 3.63) is 28.5 Å². The highest BCUT2D eigenvalue weighted by atomic mass is 35.5. The van der Waals surface area contributed by atoms with Gasteiger partial charge in [0.15, 0.2) is 0 Å². The second kappa shape index (κ2) is 2.97. The largest absolute Gasteiger partial charge is 0.257 e. The summed E-state index contributed by atoms with van der Waals surface area (Å²) in [5, 5.41) is 0.405. The molecular weight excluding hydrogens is 153 g/mol. The lowest BCUT2D eigenvalue weighted by atomic mass is 10.3. The van der Waals surface area contributed by atoms with Gasteiger partial charge in [0.05, 0.1) is 10.7 Å². The van der Waals surface area contributed by atoms with E-state index in [2.05, 4.69) is 4.98 Å². The molecule has 0 aromatic carbocycles. The van der Waals surface area contributed by atoms with E-state index in [4.69, 9.17) is 11.6 Å². The van der Waals surface area contributed by atoms with Crippen LogP contribution in [0.5, 0.6) is 0 Å². The number of halogens is 2. The first kappa shape index (κ1) is 7.48. The van der Waals surface area contributed by atoms with E-state index in [0.29, 0.717) is 10.7 Å². The molecule has 1 rings (SSSR count). The Balaban J connectivity index is 3.07. The molecule has 54 valence electrons. The van der Waals surface area contributed by atoms with Crippen LogP contribution in [0, 0.1) is 6.92 Å². The number of hydrogen-bond acceptors (Lipinski definition) is 1. The van der Waals surface area contributed by atoms with Gasteiger partial charge in [-0.1, -0.05) is 11.6 Å². The first-order chi connectivity index (χ1) is 4.74. The third kappa shape index (κ3) is 1.45. The molecule has 0 fully saturated rings. The topological polar surface area (TPSA) is 12.9 Å². The van der Waals surface area contributed by atoms with Crippen LogP contribution in [0.15, 0.2) is 12.3 Å². The standard InChI is InChI=1S/C7H7ClFN/c1-5-2-6(8)7(3-9)10-4-5/h2,4H,3H2,1H3. The van der Waals surface area contributed by atoms with Crippen LogP contribution in [0.25, 0.3) is 0 Å². The highest BCUT2D eigenvalue weighted by molar-refractivity contribution is 6.31. The Hall–Kier alpha value is -0.630. The Bertz CT molecular complexity index is 237. The summed E-state index contributed by atoms with van der Waals surface area (Å²) in [4.78, 5) is 3.79. The molecule has 0 aliphatic heterocycles. The molecule has 0 amide bonds. The van der Waals surface area contributed by atoms with Crippen molar-refractivity contribution in [3.8, 4) is 0 Å². The van der Waals surface area contributed by atoms with Crippen LogP contribution in [0.2, 0.25) is 5.02 Å². The molecule has 0 atom stereocenters. The molecule has 0 aliphatic carbocycles. The lowest BCUT2D eigenvalue weighted by Crippen LogP contribution is -1.87. The average Bonchev–Trinajstić information content (AvgIpc) is 1.88. The van der Waals surface area contributed by atoms with E-state index < -0.39 is 6.67 Å². The Morgan fingerprint density at radius 3 is 2.90 bits per heavy atom. The summed E-state index contributed by atoms with van der Waals surface area (Å²) in [7, 11) is 0. The molecule has 0 unspecified atom stereocenters. The van der Waals surface area contributed by atoms with Gasteiger partial charge < -0.3 is 0 Å². The van der Waals surface area contributed by atoms with Gasteiger partial charge >= 0.3 is 0 Å². The zero-order chi connectivity index (χ0) is 7.56. The van der Waals surface area contributed by atoms with Gasteiger partial charge in [0.2, 0.25) is 0 Å². The molecule has 0 radical (unpaired) electrons. The van der Waals surface area contributed by atoms with E-state index in [-0.39, 0.29) is 0 Å². The van der Waals surface area contributed by atoms with Crippen LogP contribution >= 0.6 is 11.6 Å². The second-order valence-corrected chi connectivity index (χ2v) is 2.48. The maximum absolute atomic E-state index is 12.0. The summed E-state index contributed by atoms with van der Waals surface area (Å²) in [6.45, 7) is 1.26. The number of pyridine rings is 1. The minimum atomic E-state index is -0.598. The van der Waals surface area contributed by atoms with E-state index in [1.807, 2.05) is 6.92 Å². The van der Waals surface area contributed by atoms with Crippen molar-refractivity contribution in [2.45, 2.75) is 13.6 Å². The molecule has 10 heavy (non-hydrogen) atoms. The lowest BCUT2D eigenvalue weighted by molar-refractivity contribution is 0.476. The molecule has 1 heterocycles. The number of alkyl halides is 1. The predicted molar refractivity (Wildman–Crippen MR) is 38.8 cm³/mol. The summed E-state index contributed by atoms with van der Waals surface area (Å²) in [6.07, 6.45) is 1.60. The fourth-order valence-electron chi connectivity index (χ4n) is 0.660. The molecular formula is C7H7ClFN. The van der Waals surface area contributed by atoms with Crippen molar-refractivity contribution in [2.24, 2.45) is 0 Å². The predicted octanol–water partition coefficient (Wildman–Crippen LogP) is 2.51. The van der Waals surface area contributed by atoms with Crippen LogP contribution in [0.1, 0.15) is 11.3 Å². The molecule has 1 aromatic rings. The number of aromatic nitrogens is 1. The summed E-state index contributed by atoms with van der Waals surface area (Å²) in [5.41, 5.74) is 1.26. The zero-order valence-corrected chi connectivity index (χ0v) is 6.32. The molecule has 0 bridgehead atoms. The van der Waals surface area contributed by atoms with Gasteiger partial charge in [0.1, 0.15) is 6.67 Å². The molecule has 1 nitrogen and oxygen atoms in total. The van der Waals surface area contributed by atoms with Crippen LogP contribution in [-0.2, 0) is 6.67 Å². The van der Waals surface area contributed by atoms with E-state index >= 15 is 0 Å². The van der Waals surface area contributed by atoms with Crippen molar-refractivity contribution >= 4 is 11.6 Å². The maximum atomic E-state index is 12.0. The zero-order valence-electron chi connectivity index (χ0n) is 5.56. The number of aryl methyl sites for hydroxylation is 1.